The molecule has 0 radical (unpaired) electrons. The molecule has 0 atom stereocenters. The van der Waals surface area contributed by atoms with Gasteiger partial charge in [-0.15, -0.1) is 0 Å². The third-order valence-corrected chi connectivity index (χ3v) is 5.24. The number of ether oxygens (including phenoxy) is 1. The Balaban J connectivity index is 1.60. The lowest BCUT2D eigenvalue weighted by atomic mass is 9.74. The number of aryl methyl sites for hydroxylation is 1. The predicted octanol–water partition coefficient (Wildman–Crippen LogP) is 2.76. The molecule has 0 amide bonds. The number of nitrogen functional groups attached to an aromatic ring is 1. The van der Waals surface area contributed by atoms with Crippen LogP contribution in [0.1, 0.15) is 18.4 Å². The van der Waals surface area contributed by atoms with E-state index in [0.29, 0.717) is 31.3 Å². The fraction of sp³-hybridized carbons (Fsp3) is 0.350. The number of nitrogens with one attached hydrogen (secondary N) is 1. The van der Waals surface area contributed by atoms with Gasteiger partial charge in [0, 0.05) is 50.0 Å². The van der Waals surface area contributed by atoms with Gasteiger partial charge in [0.25, 0.3) is 0 Å². The zero-order valence-electron chi connectivity index (χ0n) is 15.7. The molecule has 0 spiro atoms. The van der Waals surface area contributed by atoms with Crippen LogP contribution in [0.25, 0.3) is 11.3 Å². The quantitative estimate of drug-likeness (QED) is 0.705. The van der Waals surface area contributed by atoms with Crippen LogP contribution in [-0.2, 0) is 17.2 Å². The first-order valence-electron chi connectivity index (χ1n) is 9.25. The Kier molecular flexibility index (Phi) is 4.95. The Morgan fingerprint density at radius 1 is 1.25 bits per heavy atom. The van der Waals surface area contributed by atoms with E-state index >= 15 is 0 Å². The molecule has 1 aliphatic heterocycles. The van der Waals surface area contributed by atoms with Crippen molar-refractivity contribution in [2.75, 3.05) is 30.8 Å². The smallest absolute Gasteiger partial charge is 0.222 e. The van der Waals surface area contributed by atoms with E-state index in [1.54, 1.807) is 23.0 Å². The molecule has 3 heterocycles. The maximum absolute atomic E-state index is 13.9. The first-order chi connectivity index (χ1) is 13.5. The topological polar surface area (TPSA) is 90.9 Å². The second-order valence-electron chi connectivity index (χ2n) is 7.16. The molecule has 1 aliphatic rings. The number of hydrogen-bond donors (Lipinski definition) is 2. The van der Waals surface area contributed by atoms with Crippen LogP contribution in [0.4, 0.5) is 16.2 Å². The lowest BCUT2D eigenvalue weighted by Gasteiger charge is -2.38. The molecule has 1 fully saturated rings. The van der Waals surface area contributed by atoms with E-state index in [0.717, 1.165) is 24.0 Å². The molecule has 7 nitrogen and oxygen atoms in total. The van der Waals surface area contributed by atoms with Crippen LogP contribution >= 0.6 is 0 Å². The van der Waals surface area contributed by atoms with Crippen LogP contribution < -0.4 is 11.1 Å². The van der Waals surface area contributed by atoms with Gasteiger partial charge in [-0.25, -0.2) is 9.37 Å². The summed E-state index contributed by atoms with van der Waals surface area (Å²) < 4.78 is 21.1. The summed E-state index contributed by atoms with van der Waals surface area (Å²) >= 11 is 0. The van der Waals surface area contributed by atoms with Gasteiger partial charge in [0.05, 0.1) is 11.9 Å². The average molecular weight is 382 g/mol. The van der Waals surface area contributed by atoms with Crippen LogP contribution in [0.5, 0.6) is 0 Å². The van der Waals surface area contributed by atoms with E-state index in [9.17, 15) is 4.39 Å². The molecule has 2 aromatic heterocycles. The van der Waals surface area contributed by atoms with Crippen LogP contribution in [0.15, 0.2) is 42.7 Å². The predicted molar refractivity (Wildman–Crippen MR) is 105 cm³/mol. The highest BCUT2D eigenvalue weighted by atomic mass is 19.1. The Morgan fingerprint density at radius 2 is 2.07 bits per heavy atom. The van der Waals surface area contributed by atoms with Crippen LogP contribution in [-0.4, -0.2) is 39.5 Å². The van der Waals surface area contributed by atoms with Crippen molar-refractivity contribution in [3.8, 4) is 11.3 Å². The molecule has 0 unspecified atom stereocenters. The van der Waals surface area contributed by atoms with Crippen molar-refractivity contribution in [1.29, 1.82) is 0 Å². The fourth-order valence-electron chi connectivity index (χ4n) is 3.67. The summed E-state index contributed by atoms with van der Waals surface area (Å²) in [6, 6.07) is 8.67. The van der Waals surface area contributed by atoms with E-state index in [2.05, 4.69) is 20.4 Å². The lowest BCUT2D eigenvalue weighted by molar-refractivity contribution is 0.0542. The van der Waals surface area contributed by atoms with Crippen molar-refractivity contribution in [2.45, 2.75) is 18.3 Å². The van der Waals surface area contributed by atoms with Crippen molar-refractivity contribution in [3.05, 3.63) is 54.1 Å². The molecule has 0 bridgehead atoms. The SMILES string of the molecule is Cn1cc(-c2cc(NCC3(c4cccc(F)c4)CCOCC3)nc(N)n2)cn1. The highest BCUT2D eigenvalue weighted by Gasteiger charge is 2.34. The summed E-state index contributed by atoms with van der Waals surface area (Å²) in [5, 5.41) is 7.57. The van der Waals surface area contributed by atoms with E-state index in [1.807, 2.05) is 25.4 Å². The highest BCUT2D eigenvalue weighted by molar-refractivity contribution is 5.62. The third kappa shape index (κ3) is 3.82. The molecule has 146 valence electrons. The largest absolute Gasteiger partial charge is 0.381 e. The lowest BCUT2D eigenvalue weighted by Crippen LogP contribution is -2.40. The molecule has 0 saturated carbocycles. The van der Waals surface area contributed by atoms with Gasteiger partial charge in [-0.1, -0.05) is 12.1 Å². The number of nitrogens with zero attached hydrogens (tertiary/aromatic N) is 4. The normalized spacial score (nSPS) is 16.1. The van der Waals surface area contributed by atoms with Gasteiger partial charge in [-0.3, -0.25) is 4.68 Å². The van der Waals surface area contributed by atoms with E-state index in [-0.39, 0.29) is 17.2 Å². The summed E-state index contributed by atoms with van der Waals surface area (Å²) in [6.45, 7) is 1.89. The molecule has 1 aromatic carbocycles. The maximum Gasteiger partial charge on any atom is 0.222 e. The second kappa shape index (κ2) is 7.55. The summed E-state index contributed by atoms with van der Waals surface area (Å²) in [4.78, 5) is 8.62. The van der Waals surface area contributed by atoms with Crippen molar-refractivity contribution < 1.29 is 9.13 Å². The number of nitrogens with two attached hydrogens (primary N) is 1. The Bertz CT molecular complexity index is 967. The number of benzene rings is 1. The number of hydrogen-bond acceptors (Lipinski definition) is 6. The Labute approximate surface area is 162 Å². The summed E-state index contributed by atoms with van der Waals surface area (Å²) in [6.07, 6.45) is 5.22. The zero-order valence-corrected chi connectivity index (χ0v) is 15.7. The molecule has 4 rings (SSSR count). The fourth-order valence-corrected chi connectivity index (χ4v) is 3.67. The first kappa shape index (κ1) is 18.4. The van der Waals surface area contributed by atoms with E-state index < -0.39 is 0 Å². The maximum atomic E-state index is 13.9. The minimum absolute atomic E-state index is 0.190. The number of rotatable bonds is 5. The van der Waals surface area contributed by atoms with Gasteiger partial charge in [0.15, 0.2) is 0 Å². The molecule has 8 heteroatoms. The van der Waals surface area contributed by atoms with Crippen LogP contribution in [0, 0.1) is 5.82 Å². The molecule has 3 aromatic rings. The molecular formula is C20H23FN6O. The monoisotopic (exact) mass is 382 g/mol. The number of anilines is 2. The van der Waals surface area contributed by atoms with Gasteiger partial charge in [-0.05, 0) is 30.5 Å². The summed E-state index contributed by atoms with van der Waals surface area (Å²) in [5.41, 5.74) is 8.23. The minimum atomic E-state index is -0.228. The van der Waals surface area contributed by atoms with E-state index in [1.165, 1.54) is 6.07 Å². The molecular weight excluding hydrogens is 359 g/mol. The first-order valence-corrected chi connectivity index (χ1v) is 9.25. The molecule has 3 N–H and O–H groups in total. The van der Waals surface area contributed by atoms with Gasteiger partial charge in [-0.2, -0.15) is 10.1 Å². The molecule has 0 aliphatic carbocycles. The zero-order chi connectivity index (χ0) is 19.6. The van der Waals surface area contributed by atoms with Crippen molar-refractivity contribution >= 4 is 11.8 Å². The van der Waals surface area contributed by atoms with Crippen LogP contribution in [0.3, 0.4) is 0 Å². The van der Waals surface area contributed by atoms with Gasteiger partial charge >= 0.3 is 0 Å². The number of aromatic nitrogens is 4. The summed E-state index contributed by atoms with van der Waals surface area (Å²) in [7, 11) is 1.85. The highest BCUT2D eigenvalue weighted by Crippen LogP contribution is 2.35. The van der Waals surface area contributed by atoms with E-state index in [4.69, 9.17) is 10.5 Å². The number of halogens is 1. The molecule has 28 heavy (non-hydrogen) atoms. The average Bonchev–Trinajstić information content (AvgIpc) is 3.13. The minimum Gasteiger partial charge on any atom is -0.381 e. The van der Waals surface area contributed by atoms with Crippen LogP contribution in [0.2, 0.25) is 0 Å². The van der Waals surface area contributed by atoms with Gasteiger partial charge < -0.3 is 15.8 Å². The Hall–Kier alpha value is -3.00. The standard InChI is InChI=1S/C20H23FN6O/c1-27-12-14(11-24-27)17-10-18(26-19(22)25-17)23-13-20(5-7-28-8-6-20)15-3-2-4-16(21)9-15/h2-4,9-12H,5-8,13H2,1H3,(H3,22,23,25,26). The van der Waals surface area contributed by atoms with Gasteiger partial charge in [0.1, 0.15) is 11.6 Å². The van der Waals surface area contributed by atoms with Gasteiger partial charge in [0.2, 0.25) is 5.95 Å². The second-order valence-corrected chi connectivity index (χ2v) is 7.16. The van der Waals surface area contributed by atoms with Crippen molar-refractivity contribution in [3.63, 3.8) is 0 Å². The Morgan fingerprint density at radius 3 is 2.79 bits per heavy atom. The van der Waals surface area contributed by atoms with Crippen molar-refractivity contribution in [1.82, 2.24) is 19.7 Å². The molecule has 1 saturated heterocycles. The third-order valence-electron chi connectivity index (χ3n) is 5.24. The van der Waals surface area contributed by atoms with Crippen molar-refractivity contribution in [2.24, 2.45) is 7.05 Å². The summed E-state index contributed by atoms with van der Waals surface area (Å²) in [5.74, 6) is 0.595.